The number of benzene rings is 6. The first-order chi connectivity index (χ1) is 28.2. The minimum Gasteiger partial charge on any atom is -0.281 e. The number of hydrogen-bond donors (Lipinski definition) is 0. The van der Waals surface area contributed by atoms with E-state index in [9.17, 15) is 0 Å². The molecule has 0 aromatic heterocycles. The zero-order chi connectivity index (χ0) is 43.2. The molecule has 0 N–H and O–H groups in total. The van der Waals surface area contributed by atoms with E-state index in [0.29, 0.717) is 0 Å². The van der Waals surface area contributed by atoms with Gasteiger partial charge in [-0.25, -0.2) is 0 Å². The zero-order valence-electron chi connectivity index (χ0n) is 37.6. The van der Waals surface area contributed by atoms with Gasteiger partial charge in [-0.05, 0) is 74.1 Å². The monoisotopic (exact) mass is 989 g/mol. The fourth-order valence-corrected chi connectivity index (χ4v) is 22.6. The van der Waals surface area contributed by atoms with Gasteiger partial charge in [-0.15, -0.1) is 0 Å². The van der Waals surface area contributed by atoms with Crippen molar-refractivity contribution in [2.75, 3.05) is 18.5 Å². The Morgan fingerprint density at radius 3 is 0.550 bits per heavy atom. The molecular weight excluding hydrogens is 921 g/mol. The van der Waals surface area contributed by atoms with Gasteiger partial charge in [0.2, 0.25) is 0 Å². The van der Waals surface area contributed by atoms with E-state index in [1.54, 1.807) is 0 Å². The Morgan fingerprint density at radius 2 is 0.433 bits per heavy atom. The first kappa shape index (κ1) is 53.7. The van der Waals surface area contributed by atoms with Crippen molar-refractivity contribution in [2.24, 2.45) is 0 Å². The molecule has 0 aliphatic rings. The predicted molar refractivity (Wildman–Crippen MR) is 282 cm³/mol. The summed E-state index contributed by atoms with van der Waals surface area (Å²) in [5.41, 5.74) is 0. The maximum atomic E-state index is 7.50. The normalized spacial score (nSPS) is 11.3. The molecule has 0 spiro atoms. The van der Waals surface area contributed by atoms with Crippen LogP contribution in [-0.2, 0) is 24.3 Å². The molecule has 0 fully saturated rings. The van der Waals surface area contributed by atoms with Crippen LogP contribution in [0.2, 0.25) is 77.1 Å². The fraction of sp³-hybridized carbons (Fsp3) is 0.288. The van der Waals surface area contributed by atoms with E-state index in [1.165, 1.54) is 68.4 Å². The van der Waals surface area contributed by atoms with E-state index in [0.717, 1.165) is 0 Å². The molecule has 319 valence electrons. The third-order valence-electron chi connectivity index (χ3n) is 9.66. The molecule has 0 unspecified atom stereocenters. The Kier molecular flexibility index (Phi) is 25.3. The van der Waals surface area contributed by atoms with Crippen LogP contribution in [0.15, 0.2) is 182 Å². The van der Waals surface area contributed by atoms with Crippen molar-refractivity contribution < 1.29 is 24.3 Å². The Morgan fingerprint density at radius 1 is 0.300 bits per heavy atom. The summed E-state index contributed by atoms with van der Waals surface area (Å²) in [6, 6.07) is 70.4. The Balaban J connectivity index is 0.000000301. The minimum absolute atomic E-state index is 0. The van der Waals surface area contributed by atoms with Crippen LogP contribution in [0.4, 0.5) is 0 Å². The van der Waals surface area contributed by atoms with Crippen LogP contribution < -0.4 is 31.8 Å². The van der Waals surface area contributed by atoms with Crippen LogP contribution in [0.3, 0.4) is 0 Å². The molecule has 6 rings (SSSR count). The minimum atomic E-state index is -0.970. The van der Waals surface area contributed by atoms with Crippen LogP contribution in [0.25, 0.3) is 0 Å². The van der Waals surface area contributed by atoms with Crippen molar-refractivity contribution in [1.82, 2.24) is 0 Å². The van der Waals surface area contributed by atoms with Crippen LogP contribution in [0.5, 0.6) is 0 Å². The molecule has 0 aliphatic carbocycles. The molecule has 0 bridgehead atoms. The second kappa shape index (κ2) is 28.3. The fourth-order valence-electron chi connectivity index (χ4n) is 6.21. The van der Waals surface area contributed by atoms with Crippen LogP contribution in [-0.4, -0.2) is 49.5 Å². The molecular formula is C52H69OP3RhSi3. The van der Waals surface area contributed by atoms with E-state index in [-0.39, 0.29) is 43.2 Å². The SMILES string of the molecule is C[Si](C)(C)CCP(c1ccccc1)c1ccccc1.C[Si](C)(C)CCP(c1ccccc1)c1ccccc1.C[Si](C)(C)CCP(c1ccccc1)c1ccccc1.[C]=O.[Rh]. The molecule has 0 amide bonds. The average molecular weight is 990 g/mol. The molecule has 0 aliphatic heterocycles. The van der Waals surface area contributed by atoms with Crippen molar-refractivity contribution in [1.29, 1.82) is 0 Å². The summed E-state index contributed by atoms with van der Waals surface area (Å²) in [4.78, 5) is 7.50. The predicted octanol–water partition coefficient (Wildman–Crippen LogP) is 13.0. The van der Waals surface area contributed by atoms with Gasteiger partial charge in [0.15, 0.2) is 0 Å². The summed E-state index contributed by atoms with van der Waals surface area (Å²) in [6.45, 7) is 26.7. The molecule has 60 heavy (non-hydrogen) atoms. The van der Waals surface area contributed by atoms with Gasteiger partial charge in [0.1, 0.15) is 0 Å². The van der Waals surface area contributed by atoms with Gasteiger partial charge in [0, 0.05) is 43.7 Å². The van der Waals surface area contributed by atoms with Gasteiger partial charge < -0.3 is 0 Å². The Hall–Kier alpha value is -2.45. The zero-order valence-corrected chi connectivity index (χ0v) is 45.0. The van der Waals surface area contributed by atoms with E-state index in [4.69, 9.17) is 4.79 Å². The molecule has 0 heterocycles. The van der Waals surface area contributed by atoms with E-state index >= 15 is 0 Å². The molecule has 0 atom stereocenters. The molecule has 1 nitrogen and oxygen atoms in total. The number of carbonyl (C=O) groups excluding carboxylic acids is 1. The van der Waals surface area contributed by atoms with E-state index in [1.807, 2.05) is 0 Å². The molecule has 8 heteroatoms. The van der Waals surface area contributed by atoms with Crippen molar-refractivity contribution in [3.05, 3.63) is 182 Å². The summed E-state index contributed by atoms with van der Waals surface area (Å²) in [5.74, 6) is 0. The van der Waals surface area contributed by atoms with Crippen LogP contribution in [0, 0.1) is 0 Å². The standard InChI is InChI=1S/3C17H23PSi.CO.Rh/c3*1-19(2,3)15-14-18(16-10-6-4-7-11-16)17-12-8-5-9-13-17;1-2;/h3*4-13H,14-15H2,1-3H3;;. The Bertz CT molecular complexity index is 1610. The summed E-state index contributed by atoms with van der Waals surface area (Å²) in [7, 11) is -3.45. The van der Waals surface area contributed by atoms with Crippen molar-refractivity contribution >= 4 is 86.6 Å². The molecule has 3 radical (unpaired) electrons. The van der Waals surface area contributed by atoms with Crippen molar-refractivity contribution in [3.63, 3.8) is 0 Å². The smallest absolute Gasteiger partial charge is 0.281 e. The summed E-state index contributed by atoms with van der Waals surface area (Å²) >= 11 is 0. The number of rotatable bonds is 15. The molecule has 6 aromatic rings. The molecule has 0 saturated heterocycles. The van der Waals surface area contributed by atoms with Crippen LogP contribution in [0.1, 0.15) is 0 Å². The molecule has 6 aromatic carbocycles. The van der Waals surface area contributed by atoms with Gasteiger partial charge in [-0.2, -0.15) is 0 Å². The van der Waals surface area contributed by atoms with E-state index < -0.39 is 24.2 Å². The maximum absolute atomic E-state index is 7.50. The Labute approximate surface area is 385 Å². The van der Waals surface area contributed by atoms with Gasteiger partial charge in [-0.1, -0.05) is 259 Å². The third kappa shape index (κ3) is 21.6. The summed E-state index contributed by atoms with van der Waals surface area (Å²) < 4.78 is 0. The first-order valence-electron chi connectivity index (χ1n) is 21.0. The van der Waals surface area contributed by atoms with Gasteiger partial charge in [0.05, 0.1) is 0 Å². The van der Waals surface area contributed by atoms with Crippen molar-refractivity contribution in [2.45, 2.75) is 77.1 Å². The molecule has 0 saturated carbocycles. The van der Waals surface area contributed by atoms with Gasteiger partial charge >= 0.3 is 0 Å². The second-order valence-corrected chi connectivity index (χ2v) is 42.3. The van der Waals surface area contributed by atoms with Gasteiger partial charge in [0.25, 0.3) is 6.79 Å². The van der Waals surface area contributed by atoms with E-state index in [2.05, 4.69) is 248 Å². The second-order valence-electron chi connectivity index (χ2n) is 18.4. The maximum Gasteiger partial charge on any atom is 0.281 e. The summed E-state index contributed by atoms with van der Waals surface area (Å²) in [5, 5.41) is 9.09. The number of hydrogen-bond acceptors (Lipinski definition) is 1. The quantitative estimate of drug-likeness (QED) is 0.0740. The largest absolute Gasteiger partial charge is 0.281 e. The van der Waals surface area contributed by atoms with Crippen molar-refractivity contribution in [3.8, 4) is 0 Å². The van der Waals surface area contributed by atoms with Gasteiger partial charge in [-0.3, -0.25) is 4.79 Å². The van der Waals surface area contributed by atoms with Crippen LogP contribution >= 0.6 is 23.8 Å². The summed E-state index contributed by atoms with van der Waals surface area (Å²) in [6.07, 6.45) is 4.00. The first-order valence-corrected chi connectivity index (χ1v) is 36.7. The third-order valence-corrected chi connectivity index (χ3v) is 23.7. The topological polar surface area (TPSA) is 17.1 Å². The average Bonchev–Trinajstić information content (AvgIpc) is 3.23.